The van der Waals surface area contributed by atoms with E-state index in [4.69, 9.17) is 0 Å². The number of hydrogen-bond donors (Lipinski definition) is 0. The van der Waals surface area contributed by atoms with Crippen molar-refractivity contribution in [3.8, 4) is 0 Å². The molecule has 3 rings (SSSR count). The molecule has 1 unspecified atom stereocenters. The van der Waals surface area contributed by atoms with E-state index in [1.54, 1.807) is 22.9 Å². The molecule has 0 spiro atoms. The van der Waals surface area contributed by atoms with E-state index in [1.807, 2.05) is 12.4 Å². The molecule has 0 aliphatic heterocycles. The molecule has 3 nitrogen and oxygen atoms in total. The highest BCUT2D eigenvalue weighted by Crippen LogP contribution is 2.47. The van der Waals surface area contributed by atoms with Gasteiger partial charge in [-0.1, -0.05) is 0 Å². The first-order valence-corrected chi connectivity index (χ1v) is 12.2. The van der Waals surface area contributed by atoms with Crippen LogP contribution in [0.4, 0.5) is 5.00 Å². The maximum atomic E-state index is 4.62. The fraction of sp³-hybridized carbons (Fsp3) is 0.167. The van der Waals surface area contributed by atoms with Crippen molar-refractivity contribution in [3.63, 3.8) is 0 Å². The van der Waals surface area contributed by atoms with Crippen molar-refractivity contribution in [3.05, 3.63) is 39.4 Å². The Hall–Kier alpha value is 0.180. The van der Waals surface area contributed by atoms with Crippen molar-refractivity contribution in [1.29, 1.82) is 0 Å². The summed E-state index contributed by atoms with van der Waals surface area (Å²) in [5.74, 6) is 0. The molecule has 3 aromatic heterocycles. The molecule has 0 saturated carbocycles. The van der Waals surface area contributed by atoms with E-state index in [9.17, 15) is 0 Å². The van der Waals surface area contributed by atoms with Gasteiger partial charge in [0.25, 0.3) is 0 Å². The minimum atomic E-state index is 0.683. The van der Waals surface area contributed by atoms with Gasteiger partial charge in [0.2, 0.25) is 0 Å². The highest BCUT2D eigenvalue weighted by atomic mass is 127. The maximum Gasteiger partial charge on any atom is 0.134 e. The van der Waals surface area contributed by atoms with Gasteiger partial charge in [-0.05, 0) is 74.1 Å². The minimum Gasteiger partial charge on any atom is -0.329 e. The molecule has 0 aliphatic rings. The van der Waals surface area contributed by atoms with Crippen molar-refractivity contribution < 1.29 is 0 Å². The van der Waals surface area contributed by atoms with Crippen molar-refractivity contribution in [1.82, 2.24) is 9.36 Å². The average molecular weight is 498 g/mol. The number of nitrogens with zero attached hydrogens (tertiary/aromatic N) is 3. The van der Waals surface area contributed by atoms with Crippen LogP contribution in [0.5, 0.6) is 0 Å². The van der Waals surface area contributed by atoms with Crippen molar-refractivity contribution in [2.45, 2.75) is 13.5 Å². The molecule has 0 bridgehead atoms. The van der Waals surface area contributed by atoms with Crippen LogP contribution in [0.2, 0.25) is 0 Å². The third-order valence-corrected chi connectivity index (χ3v) is 8.56. The van der Waals surface area contributed by atoms with Gasteiger partial charge < -0.3 is 4.67 Å². The van der Waals surface area contributed by atoms with Gasteiger partial charge in [0, 0.05) is 30.9 Å². The van der Waals surface area contributed by atoms with E-state index < -0.39 is 0 Å². The Kier molecular flexibility index (Phi) is 4.92. The highest BCUT2D eigenvalue weighted by molar-refractivity contribution is 14.2. The molecule has 3 aromatic rings. The van der Waals surface area contributed by atoms with E-state index in [0.29, 0.717) is 6.37 Å². The number of hydrogen-bond acceptors (Lipinski definition) is 5. The zero-order valence-corrected chi connectivity index (χ0v) is 16.8. The van der Waals surface area contributed by atoms with Gasteiger partial charge in [0.05, 0.1) is 8.49 Å². The monoisotopic (exact) mass is 497 g/mol. The summed E-state index contributed by atoms with van der Waals surface area (Å²) >= 11 is 9.43. The minimum absolute atomic E-state index is 0.683. The largest absolute Gasteiger partial charge is 0.329 e. The molecule has 20 heavy (non-hydrogen) atoms. The van der Waals surface area contributed by atoms with E-state index in [-0.39, 0.29) is 0 Å². The Morgan fingerprint density at radius 3 is 2.85 bits per heavy atom. The number of thiophene rings is 1. The van der Waals surface area contributed by atoms with Crippen LogP contribution in [0.15, 0.2) is 28.3 Å². The molecule has 0 saturated heterocycles. The second-order valence-corrected chi connectivity index (χ2v) is 9.44. The van der Waals surface area contributed by atoms with E-state index in [1.165, 1.54) is 24.6 Å². The smallest absolute Gasteiger partial charge is 0.134 e. The highest BCUT2D eigenvalue weighted by Gasteiger charge is 2.18. The van der Waals surface area contributed by atoms with Crippen LogP contribution in [-0.4, -0.2) is 9.36 Å². The maximum absolute atomic E-state index is 4.62. The Labute approximate surface area is 148 Å². The first-order chi connectivity index (χ1) is 9.70. The molecular weight excluding hydrogens is 488 g/mol. The summed E-state index contributed by atoms with van der Waals surface area (Å²) in [5, 5.41) is 1.27. The first-order valence-electron chi connectivity index (χ1n) is 5.77. The van der Waals surface area contributed by atoms with Gasteiger partial charge in [0.1, 0.15) is 10.5 Å². The number of halogens is 2. The van der Waals surface area contributed by atoms with Gasteiger partial charge >= 0.3 is 0 Å². The lowest BCUT2D eigenvalue weighted by atomic mass is 10.3. The predicted molar refractivity (Wildman–Crippen MR) is 103 cm³/mol. The van der Waals surface area contributed by atoms with Crippen LogP contribution < -0.4 is 4.67 Å². The Morgan fingerprint density at radius 2 is 2.15 bits per heavy atom. The van der Waals surface area contributed by atoms with Gasteiger partial charge in [0.15, 0.2) is 0 Å². The zero-order valence-electron chi connectivity index (χ0n) is 10.4. The molecule has 0 amide bonds. The van der Waals surface area contributed by atoms with Crippen LogP contribution in [0.25, 0.3) is 10.2 Å². The topological polar surface area (TPSA) is 29.0 Å². The molecular formula is C12H10BrIN3PS2. The lowest BCUT2D eigenvalue weighted by Gasteiger charge is -2.19. The van der Waals surface area contributed by atoms with Crippen LogP contribution in [0.3, 0.4) is 0 Å². The van der Waals surface area contributed by atoms with E-state index in [0.717, 1.165) is 12.1 Å². The normalized spacial score (nSPS) is 11.8. The fourth-order valence-electron chi connectivity index (χ4n) is 1.85. The fourth-order valence-corrected chi connectivity index (χ4v) is 6.98. The van der Waals surface area contributed by atoms with Crippen LogP contribution in [-0.2, 0) is 6.54 Å². The summed E-state index contributed by atoms with van der Waals surface area (Å²) in [6.45, 7) is 3.02. The second-order valence-electron chi connectivity index (χ2n) is 4.19. The van der Waals surface area contributed by atoms with Crippen molar-refractivity contribution >= 4 is 82.4 Å². The van der Waals surface area contributed by atoms with E-state index in [2.05, 4.69) is 71.1 Å². The van der Waals surface area contributed by atoms with Crippen molar-refractivity contribution in [2.24, 2.45) is 0 Å². The van der Waals surface area contributed by atoms with Crippen LogP contribution >= 0.6 is 67.2 Å². The number of aromatic nitrogens is 2. The third kappa shape index (κ3) is 2.88. The molecule has 3 heterocycles. The van der Waals surface area contributed by atoms with Gasteiger partial charge in [-0.3, -0.25) is 4.98 Å². The molecule has 0 aromatic carbocycles. The number of aryl methyl sites for hydroxylation is 1. The lowest BCUT2D eigenvalue weighted by molar-refractivity contribution is 1.06. The molecule has 0 radical (unpaired) electrons. The predicted octanol–water partition coefficient (Wildman–Crippen LogP) is 5.77. The first kappa shape index (κ1) is 15.1. The summed E-state index contributed by atoms with van der Waals surface area (Å²) in [5.41, 5.74) is 3.66. The summed E-state index contributed by atoms with van der Waals surface area (Å²) in [6, 6.07) is 4.13. The van der Waals surface area contributed by atoms with Gasteiger partial charge in [-0.15, -0.1) is 11.3 Å². The summed E-state index contributed by atoms with van der Waals surface area (Å²) < 4.78 is 9.48. The molecule has 0 aliphatic carbocycles. The summed E-state index contributed by atoms with van der Waals surface area (Å²) in [6.07, 6.45) is 4.37. The molecule has 1 atom stereocenters. The molecule has 0 fully saturated rings. The number of anilines is 1. The Balaban J connectivity index is 1.97. The Morgan fingerprint density at radius 1 is 1.40 bits per heavy atom. The SMILES string of the molecule is Cc1c(Br)sc2c(N(Cc3ccncc3)PI)snc12. The van der Waals surface area contributed by atoms with Crippen LogP contribution in [0, 0.1) is 6.92 Å². The Bertz CT molecular complexity index is 731. The lowest BCUT2D eigenvalue weighted by Crippen LogP contribution is -2.08. The quantitative estimate of drug-likeness (QED) is 0.338. The third-order valence-electron chi connectivity index (χ3n) is 2.91. The zero-order chi connectivity index (χ0) is 14.1. The second kappa shape index (κ2) is 6.52. The molecule has 8 heteroatoms. The number of fused-ring (bicyclic) bond motifs is 1. The number of pyridine rings is 1. The molecule has 104 valence electrons. The number of rotatable bonds is 4. The summed E-state index contributed by atoms with van der Waals surface area (Å²) in [4.78, 5) is 4.07. The standard InChI is InChI=1S/C12H10BrIN3PS2/c1-7-9-10(19-11(7)13)12(20-16-9)17(18-14)6-8-2-4-15-5-3-8/h2-5,18H,6H2,1H3. The van der Waals surface area contributed by atoms with Crippen LogP contribution in [0.1, 0.15) is 11.1 Å². The van der Waals surface area contributed by atoms with Gasteiger partial charge in [-0.25, -0.2) is 0 Å². The average Bonchev–Trinajstić information content (AvgIpc) is 2.99. The summed E-state index contributed by atoms with van der Waals surface area (Å²) in [7, 11) is 0. The van der Waals surface area contributed by atoms with E-state index >= 15 is 0 Å². The van der Waals surface area contributed by atoms with Crippen molar-refractivity contribution in [2.75, 3.05) is 4.67 Å². The molecule has 0 N–H and O–H groups in total. The van der Waals surface area contributed by atoms with Gasteiger partial charge in [-0.2, -0.15) is 4.37 Å².